The van der Waals surface area contributed by atoms with E-state index in [9.17, 15) is 14.3 Å². The maximum absolute atomic E-state index is 12.6. The maximum atomic E-state index is 12.6. The second kappa shape index (κ2) is 4.86. The quantitative estimate of drug-likeness (QED) is 0.711. The number of rotatable bonds is 3. The van der Waals surface area contributed by atoms with E-state index in [1.165, 1.54) is 24.3 Å². The number of aliphatic hydroxyl groups is 1. The van der Waals surface area contributed by atoms with Gasteiger partial charge in [0.05, 0.1) is 13.2 Å². The molecule has 0 aliphatic carbocycles. The number of hydrogen-bond donors (Lipinski definition) is 2. The first-order valence-electron chi connectivity index (χ1n) is 4.33. The predicted molar refractivity (Wildman–Crippen MR) is 51.4 cm³/mol. The number of halogens is 1. The summed E-state index contributed by atoms with van der Waals surface area (Å²) in [6.07, 6.45) is -1.44. The first-order chi connectivity index (χ1) is 7.06. The number of aliphatic hydroxyl groups excluding tert-OH is 1. The molecular weight excluding hydrogens is 201 g/mol. The van der Waals surface area contributed by atoms with E-state index in [1.54, 1.807) is 0 Å². The fourth-order valence-corrected chi connectivity index (χ4v) is 1.13. The molecule has 0 saturated heterocycles. The van der Waals surface area contributed by atoms with Crippen LogP contribution in [0.4, 0.5) is 4.39 Å². The zero-order valence-electron chi connectivity index (χ0n) is 8.18. The van der Waals surface area contributed by atoms with Crippen molar-refractivity contribution >= 4 is 5.97 Å². The lowest BCUT2D eigenvalue weighted by molar-refractivity contribution is -0.151. The summed E-state index contributed by atoms with van der Waals surface area (Å²) in [5.74, 6) is -1.22. The molecule has 0 heterocycles. The summed E-state index contributed by atoms with van der Waals surface area (Å²) in [4.78, 5) is 11.0. The first-order valence-corrected chi connectivity index (χ1v) is 4.33. The molecule has 2 atom stereocenters. The van der Waals surface area contributed by atoms with Gasteiger partial charge in [0.1, 0.15) is 5.82 Å². The molecular formula is C10H12FNO3. The number of nitrogens with two attached hydrogens (primary N) is 1. The lowest BCUT2D eigenvalue weighted by atomic mass is 10.0. The van der Waals surface area contributed by atoms with Gasteiger partial charge in [-0.15, -0.1) is 0 Å². The molecule has 82 valence electrons. The molecule has 15 heavy (non-hydrogen) atoms. The van der Waals surface area contributed by atoms with E-state index in [-0.39, 0.29) is 0 Å². The summed E-state index contributed by atoms with van der Waals surface area (Å²) in [5, 5.41) is 9.42. The average Bonchev–Trinajstić information content (AvgIpc) is 2.27. The Morgan fingerprint density at radius 1 is 1.47 bits per heavy atom. The summed E-state index contributed by atoms with van der Waals surface area (Å²) < 4.78 is 16.9. The van der Waals surface area contributed by atoms with Crippen LogP contribution in [0.1, 0.15) is 11.6 Å². The van der Waals surface area contributed by atoms with Gasteiger partial charge in [-0.1, -0.05) is 12.1 Å². The minimum atomic E-state index is -1.44. The number of carbonyl (C=O) groups excluding carboxylic acids is 1. The van der Waals surface area contributed by atoms with E-state index >= 15 is 0 Å². The Hall–Kier alpha value is -1.46. The summed E-state index contributed by atoms with van der Waals surface area (Å²) in [5.41, 5.74) is 6.06. The van der Waals surface area contributed by atoms with Crippen molar-refractivity contribution in [1.82, 2.24) is 0 Å². The van der Waals surface area contributed by atoms with E-state index in [2.05, 4.69) is 4.74 Å². The van der Waals surface area contributed by atoms with Crippen molar-refractivity contribution in [3.05, 3.63) is 35.6 Å². The van der Waals surface area contributed by atoms with E-state index < -0.39 is 23.9 Å². The van der Waals surface area contributed by atoms with Crippen LogP contribution in [-0.2, 0) is 9.53 Å². The van der Waals surface area contributed by atoms with Gasteiger partial charge >= 0.3 is 5.97 Å². The molecule has 0 radical (unpaired) electrons. The van der Waals surface area contributed by atoms with Crippen LogP contribution in [0.5, 0.6) is 0 Å². The number of hydrogen-bond acceptors (Lipinski definition) is 4. The second-order valence-corrected chi connectivity index (χ2v) is 3.05. The number of ether oxygens (including phenoxy) is 1. The molecule has 1 aromatic rings. The van der Waals surface area contributed by atoms with Crippen molar-refractivity contribution in [3.8, 4) is 0 Å². The SMILES string of the molecule is COC(=O)[C@H](O)[C@@H](N)c1ccc(F)cc1. The van der Waals surface area contributed by atoms with Crippen LogP contribution in [0.3, 0.4) is 0 Å². The summed E-state index contributed by atoms with van der Waals surface area (Å²) >= 11 is 0. The van der Waals surface area contributed by atoms with Gasteiger partial charge < -0.3 is 15.6 Å². The summed E-state index contributed by atoms with van der Waals surface area (Å²) in [6, 6.07) is 4.31. The van der Waals surface area contributed by atoms with Crippen LogP contribution in [0.15, 0.2) is 24.3 Å². The Kier molecular flexibility index (Phi) is 3.76. The van der Waals surface area contributed by atoms with Crippen molar-refractivity contribution < 1.29 is 19.0 Å². The number of carbonyl (C=O) groups is 1. The van der Waals surface area contributed by atoms with Crippen LogP contribution in [0.25, 0.3) is 0 Å². The Labute approximate surface area is 86.5 Å². The Balaban J connectivity index is 2.80. The van der Waals surface area contributed by atoms with Gasteiger partial charge in [0.15, 0.2) is 6.10 Å². The summed E-state index contributed by atoms with van der Waals surface area (Å²) in [7, 11) is 1.16. The molecule has 3 N–H and O–H groups in total. The van der Waals surface area contributed by atoms with E-state index in [0.717, 1.165) is 7.11 Å². The lowest BCUT2D eigenvalue weighted by Gasteiger charge is -2.16. The molecule has 0 unspecified atom stereocenters. The third-order valence-electron chi connectivity index (χ3n) is 2.04. The molecule has 1 aromatic carbocycles. The third kappa shape index (κ3) is 2.74. The molecule has 0 saturated carbocycles. The van der Waals surface area contributed by atoms with Crippen LogP contribution in [0, 0.1) is 5.82 Å². The minimum absolute atomic E-state index is 0.404. The van der Waals surface area contributed by atoms with Crippen molar-refractivity contribution in [2.24, 2.45) is 5.73 Å². The number of benzene rings is 1. The normalized spacial score (nSPS) is 14.4. The standard InChI is InChI=1S/C10H12FNO3/c1-15-10(14)9(13)8(12)6-2-4-7(11)5-3-6/h2-5,8-9,13H,12H2,1H3/t8-,9+/m0/s1. The molecule has 0 bridgehead atoms. The highest BCUT2D eigenvalue weighted by molar-refractivity contribution is 5.75. The molecule has 1 rings (SSSR count). The third-order valence-corrected chi connectivity index (χ3v) is 2.04. The minimum Gasteiger partial charge on any atom is -0.467 e. The van der Waals surface area contributed by atoms with Gasteiger partial charge in [-0.3, -0.25) is 0 Å². The molecule has 0 aromatic heterocycles. The van der Waals surface area contributed by atoms with Gasteiger partial charge in [0.2, 0.25) is 0 Å². The molecule has 5 heteroatoms. The monoisotopic (exact) mass is 213 g/mol. The van der Waals surface area contributed by atoms with E-state index in [4.69, 9.17) is 5.73 Å². The van der Waals surface area contributed by atoms with Crippen LogP contribution in [-0.4, -0.2) is 24.3 Å². The van der Waals surface area contributed by atoms with Crippen molar-refractivity contribution in [2.45, 2.75) is 12.1 Å². The smallest absolute Gasteiger partial charge is 0.336 e. The fourth-order valence-electron chi connectivity index (χ4n) is 1.13. The number of esters is 1. The Bertz CT molecular complexity index is 339. The molecule has 0 aliphatic heterocycles. The van der Waals surface area contributed by atoms with Crippen LogP contribution >= 0.6 is 0 Å². The van der Waals surface area contributed by atoms with E-state index in [1.807, 2.05) is 0 Å². The highest BCUT2D eigenvalue weighted by Crippen LogP contribution is 2.15. The lowest BCUT2D eigenvalue weighted by Crippen LogP contribution is -2.34. The fraction of sp³-hybridized carbons (Fsp3) is 0.300. The zero-order chi connectivity index (χ0) is 11.4. The van der Waals surface area contributed by atoms with Gasteiger partial charge in [-0.2, -0.15) is 0 Å². The van der Waals surface area contributed by atoms with Crippen molar-refractivity contribution in [1.29, 1.82) is 0 Å². The van der Waals surface area contributed by atoms with Gasteiger partial charge in [-0.25, -0.2) is 9.18 Å². The molecule has 0 amide bonds. The Morgan fingerprint density at radius 2 is 2.00 bits per heavy atom. The molecule has 4 nitrogen and oxygen atoms in total. The van der Waals surface area contributed by atoms with Crippen LogP contribution < -0.4 is 5.73 Å². The largest absolute Gasteiger partial charge is 0.467 e. The predicted octanol–water partition coefficient (Wildman–Crippen LogP) is 0.359. The van der Waals surface area contributed by atoms with Crippen LogP contribution in [0.2, 0.25) is 0 Å². The number of methoxy groups -OCH3 is 1. The van der Waals surface area contributed by atoms with Crippen molar-refractivity contribution in [3.63, 3.8) is 0 Å². The van der Waals surface area contributed by atoms with Crippen molar-refractivity contribution in [2.75, 3.05) is 7.11 Å². The van der Waals surface area contributed by atoms with E-state index in [0.29, 0.717) is 5.56 Å². The highest BCUT2D eigenvalue weighted by Gasteiger charge is 2.24. The topological polar surface area (TPSA) is 72.5 Å². The second-order valence-electron chi connectivity index (χ2n) is 3.05. The maximum Gasteiger partial charge on any atom is 0.336 e. The van der Waals surface area contributed by atoms with Gasteiger partial charge in [0, 0.05) is 0 Å². The first kappa shape index (κ1) is 11.6. The average molecular weight is 213 g/mol. The summed E-state index contributed by atoms with van der Waals surface area (Å²) in [6.45, 7) is 0. The highest BCUT2D eigenvalue weighted by atomic mass is 19.1. The Morgan fingerprint density at radius 3 is 2.47 bits per heavy atom. The molecule has 0 aliphatic rings. The zero-order valence-corrected chi connectivity index (χ0v) is 8.18. The molecule has 0 fully saturated rings. The van der Waals surface area contributed by atoms with Gasteiger partial charge in [-0.05, 0) is 17.7 Å². The molecule has 0 spiro atoms. The van der Waals surface area contributed by atoms with Gasteiger partial charge in [0.25, 0.3) is 0 Å².